The van der Waals surface area contributed by atoms with Crippen LogP contribution in [0.15, 0.2) is 24.5 Å². The maximum Gasteiger partial charge on any atom is 0.249 e. The predicted octanol–water partition coefficient (Wildman–Crippen LogP) is 2.61. The van der Waals surface area contributed by atoms with Gasteiger partial charge < -0.3 is 9.80 Å². The van der Waals surface area contributed by atoms with Crippen LogP contribution in [0, 0.1) is 5.92 Å². The van der Waals surface area contributed by atoms with E-state index in [0.717, 1.165) is 24.8 Å². The number of hydrogen-bond acceptors (Lipinski definition) is 3. The summed E-state index contributed by atoms with van der Waals surface area (Å²) in [5.41, 5.74) is 0.838. The van der Waals surface area contributed by atoms with Crippen LogP contribution in [0.5, 0.6) is 0 Å². The number of halogens is 2. The number of piperidine rings is 1. The number of hydrogen-bond donors (Lipinski definition) is 0. The van der Waals surface area contributed by atoms with Gasteiger partial charge in [-0.25, -0.2) is 8.78 Å². The molecule has 2 amide bonds. The minimum Gasteiger partial charge on any atom is -0.342 e. The van der Waals surface area contributed by atoms with Gasteiger partial charge in [0.25, 0.3) is 0 Å². The van der Waals surface area contributed by atoms with Crippen LogP contribution in [-0.4, -0.2) is 51.1 Å². The molecule has 1 aromatic rings. The highest BCUT2D eigenvalue weighted by Crippen LogP contribution is 2.45. The standard InChI is InChI=1S/C19H23F2N3O2/c20-19(21)11-15(12-19)17(26)23-9-5-18(6-10-23)4-1-16(25)24(18)13-14-2-7-22-8-3-14/h2-3,7-8,15H,1,4-6,9-13H2. The maximum atomic E-state index is 13.0. The van der Waals surface area contributed by atoms with E-state index in [2.05, 4.69) is 4.98 Å². The fourth-order valence-corrected chi connectivity index (χ4v) is 4.56. The molecule has 2 saturated heterocycles. The van der Waals surface area contributed by atoms with Crippen LogP contribution in [0.2, 0.25) is 0 Å². The smallest absolute Gasteiger partial charge is 0.249 e. The summed E-state index contributed by atoms with van der Waals surface area (Å²) >= 11 is 0. The van der Waals surface area contributed by atoms with Crippen molar-refractivity contribution in [1.29, 1.82) is 0 Å². The molecule has 7 heteroatoms. The zero-order valence-electron chi connectivity index (χ0n) is 14.7. The highest BCUT2D eigenvalue weighted by Gasteiger charge is 2.52. The van der Waals surface area contributed by atoms with Crippen LogP contribution >= 0.6 is 0 Å². The van der Waals surface area contributed by atoms with Crippen molar-refractivity contribution >= 4 is 11.8 Å². The number of aromatic nitrogens is 1. The molecule has 4 rings (SSSR count). The fraction of sp³-hybridized carbons (Fsp3) is 0.632. The first-order chi connectivity index (χ1) is 12.4. The van der Waals surface area contributed by atoms with Gasteiger partial charge in [0.05, 0.1) is 0 Å². The monoisotopic (exact) mass is 363 g/mol. The summed E-state index contributed by atoms with van der Waals surface area (Å²) in [7, 11) is 0. The molecule has 0 N–H and O–H groups in total. The average molecular weight is 363 g/mol. The fourth-order valence-electron chi connectivity index (χ4n) is 4.56. The molecule has 0 radical (unpaired) electrons. The van der Waals surface area contributed by atoms with Gasteiger partial charge in [0.2, 0.25) is 17.7 Å². The van der Waals surface area contributed by atoms with Crippen molar-refractivity contribution in [2.75, 3.05) is 13.1 Å². The van der Waals surface area contributed by atoms with E-state index in [0.29, 0.717) is 26.1 Å². The number of carbonyl (C=O) groups is 2. The molecule has 0 unspecified atom stereocenters. The molecule has 1 aliphatic carbocycles. The van der Waals surface area contributed by atoms with Gasteiger partial charge in [-0.3, -0.25) is 14.6 Å². The molecule has 0 aromatic carbocycles. The average Bonchev–Trinajstić information content (AvgIpc) is 2.90. The molecule has 140 valence electrons. The zero-order chi connectivity index (χ0) is 18.4. The van der Waals surface area contributed by atoms with Crippen molar-refractivity contribution < 1.29 is 18.4 Å². The van der Waals surface area contributed by atoms with E-state index in [1.54, 1.807) is 17.3 Å². The van der Waals surface area contributed by atoms with E-state index < -0.39 is 11.8 Å². The first-order valence-electron chi connectivity index (χ1n) is 9.25. The first-order valence-corrected chi connectivity index (χ1v) is 9.25. The Morgan fingerprint density at radius 1 is 1.15 bits per heavy atom. The molecule has 3 aliphatic rings. The quantitative estimate of drug-likeness (QED) is 0.830. The third-order valence-corrected chi connectivity index (χ3v) is 6.21. The Labute approximate surface area is 151 Å². The van der Waals surface area contributed by atoms with E-state index in [1.807, 2.05) is 17.0 Å². The van der Waals surface area contributed by atoms with Crippen molar-refractivity contribution in [2.45, 2.75) is 56.5 Å². The first kappa shape index (κ1) is 17.4. The minimum atomic E-state index is -2.67. The summed E-state index contributed by atoms with van der Waals surface area (Å²) in [5, 5.41) is 0. The second kappa shape index (κ2) is 6.28. The number of rotatable bonds is 3. The SMILES string of the molecule is O=C(C1CC(F)(F)C1)N1CCC2(CCC(=O)N2Cc2ccncc2)CC1. The lowest BCUT2D eigenvalue weighted by Crippen LogP contribution is -2.56. The molecule has 0 bridgehead atoms. The van der Waals surface area contributed by atoms with E-state index in [4.69, 9.17) is 0 Å². The van der Waals surface area contributed by atoms with Crippen LogP contribution in [0.4, 0.5) is 8.78 Å². The Kier molecular flexibility index (Phi) is 4.20. The second-order valence-corrected chi connectivity index (χ2v) is 7.85. The molecule has 5 nitrogen and oxygen atoms in total. The van der Waals surface area contributed by atoms with Crippen LogP contribution < -0.4 is 0 Å². The normalized spacial score (nSPS) is 24.8. The van der Waals surface area contributed by atoms with Crippen LogP contribution in [0.3, 0.4) is 0 Å². The molecular formula is C19H23F2N3O2. The third-order valence-electron chi connectivity index (χ3n) is 6.21. The summed E-state index contributed by atoms with van der Waals surface area (Å²) in [6, 6.07) is 3.82. The largest absolute Gasteiger partial charge is 0.342 e. The Bertz CT molecular complexity index is 694. The van der Waals surface area contributed by atoms with E-state index in [-0.39, 0.29) is 30.2 Å². The summed E-state index contributed by atoms with van der Waals surface area (Å²) in [6.45, 7) is 1.65. The van der Waals surface area contributed by atoms with Gasteiger partial charge >= 0.3 is 0 Å². The Morgan fingerprint density at radius 2 is 1.81 bits per heavy atom. The van der Waals surface area contributed by atoms with Crippen molar-refractivity contribution in [1.82, 2.24) is 14.8 Å². The predicted molar refractivity (Wildman–Crippen MR) is 90.2 cm³/mol. The van der Waals surface area contributed by atoms with Gasteiger partial charge in [-0.05, 0) is 37.0 Å². The van der Waals surface area contributed by atoms with Gasteiger partial charge in [0.15, 0.2) is 0 Å². The maximum absolute atomic E-state index is 13.0. The molecule has 1 aromatic heterocycles. The minimum absolute atomic E-state index is 0.143. The van der Waals surface area contributed by atoms with E-state index in [1.165, 1.54) is 0 Å². The Hall–Kier alpha value is -2.05. The van der Waals surface area contributed by atoms with Gasteiger partial charge in [0.1, 0.15) is 0 Å². The Morgan fingerprint density at radius 3 is 2.42 bits per heavy atom. The molecule has 3 fully saturated rings. The number of pyridine rings is 1. The van der Waals surface area contributed by atoms with Gasteiger partial charge in [0, 0.05) is 62.7 Å². The molecule has 1 spiro atoms. The molecule has 3 heterocycles. The number of alkyl halides is 2. The number of nitrogens with zero attached hydrogens (tertiary/aromatic N) is 3. The lowest BCUT2D eigenvalue weighted by Gasteiger charge is -2.46. The lowest BCUT2D eigenvalue weighted by atomic mass is 9.79. The van der Waals surface area contributed by atoms with Crippen LogP contribution in [0.1, 0.15) is 44.1 Å². The van der Waals surface area contributed by atoms with Crippen LogP contribution in [0.25, 0.3) is 0 Å². The number of likely N-dealkylation sites (tertiary alicyclic amines) is 2. The molecule has 1 saturated carbocycles. The summed E-state index contributed by atoms with van der Waals surface area (Å²) in [4.78, 5) is 32.6. The molecule has 0 atom stereocenters. The van der Waals surface area contributed by atoms with Gasteiger partial charge in [-0.15, -0.1) is 0 Å². The van der Waals surface area contributed by atoms with Crippen LogP contribution in [-0.2, 0) is 16.1 Å². The molecule has 26 heavy (non-hydrogen) atoms. The lowest BCUT2D eigenvalue weighted by molar-refractivity contribution is -0.162. The molecule has 2 aliphatic heterocycles. The van der Waals surface area contributed by atoms with Gasteiger partial charge in [-0.1, -0.05) is 0 Å². The summed E-state index contributed by atoms with van der Waals surface area (Å²) in [6.07, 6.45) is 5.59. The van der Waals surface area contributed by atoms with E-state index >= 15 is 0 Å². The zero-order valence-corrected chi connectivity index (χ0v) is 14.7. The van der Waals surface area contributed by atoms with Crippen molar-refractivity contribution in [3.05, 3.63) is 30.1 Å². The third kappa shape index (κ3) is 3.08. The topological polar surface area (TPSA) is 53.5 Å². The van der Waals surface area contributed by atoms with Crippen molar-refractivity contribution in [3.8, 4) is 0 Å². The number of amides is 2. The van der Waals surface area contributed by atoms with E-state index in [9.17, 15) is 18.4 Å². The van der Waals surface area contributed by atoms with Crippen molar-refractivity contribution in [2.24, 2.45) is 5.92 Å². The molecular weight excluding hydrogens is 340 g/mol. The second-order valence-electron chi connectivity index (χ2n) is 7.85. The van der Waals surface area contributed by atoms with Gasteiger partial charge in [-0.2, -0.15) is 0 Å². The Balaban J connectivity index is 1.40. The van der Waals surface area contributed by atoms with Crippen molar-refractivity contribution in [3.63, 3.8) is 0 Å². The summed E-state index contributed by atoms with van der Waals surface area (Å²) in [5.74, 6) is -3.19. The number of carbonyl (C=O) groups excluding carboxylic acids is 2. The highest BCUT2D eigenvalue weighted by atomic mass is 19.3. The summed E-state index contributed by atoms with van der Waals surface area (Å²) < 4.78 is 26.1. The highest BCUT2D eigenvalue weighted by molar-refractivity contribution is 5.81.